The number of hydrogen-bond donors (Lipinski definition) is 8. The molecule has 0 aliphatic carbocycles. The van der Waals surface area contributed by atoms with E-state index in [1.807, 2.05) is 0 Å². The van der Waals surface area contributed by atoms with Crippen LogP contribution in [-0.4, -0.2) is 87.7 Å². The Morgan fingerprint density at radius 2 is 0.972 bits per heavy atom. The summed E-state index contributed by atoms with van der Waals surface area (Å²) in [6.45, 7) is -1.95. The second-order valence-electron chi connectivity index (χ2n) is 7.86. The zero-order chi connectivity index (χ0) is 25.5. The maximum absolute atomic E-state index is 11.9. The number of aliphatic hydroxyl groups excluding tert-OH is 2. The molecule has 8 N–H and O–H groups in total. The van der Waals surface area contributed by atoms with Crippen LogP contribution in [0.4, 0.5) is 0 Å². The number of para-hydroxylation sites is 2. The van der Waals surface area contributed by atoms with E-state index in [1.54, 1.807) is 24.3 Å². The van der Waals surface area contributed by atoms with Crippen LogP contribution in [-0.2, 0) is 39.3 Å². The number of rotatable bonds is 13. The van der Waals surface area contributed by atoms with Crippen molar-refractivity contribution in [3.63, 3.8) is 0 Å². The van der Waals surface area contributed by atoms with Crippen molar-refractivity contribution in [2.45, 2.75) is 32.6 Å². The maximum Gasteiger partial charge on any atom is 0.339 e. The summed E-state index contributed by atoms with van der Waals surface area (Å²) < 4.78 is 23.7. The van der Waals surface area contributed by atoms with Crippen LogP contribution in [0.2, 0.25) is 0 Å². The molecule has 0 spiro atoms. The molecule has 0 bridgehead atoms. The summed E-state index contributed by atoms with van der Waals surface area (Å²) in [6, 6.07) is 9.66. The molecule has 15 heteroatoms. The Morgan fingerprint density at radius 3 is 1.22 bits per heavy atom. The van der Waals surface area contributed by atoms with Crippen molar-refractivity contribution < 1.29 is 66.2 Å². The van der Waals surface area contributed by atoms with E-state index in [0.717, 1.165) is 9.80 Å². The summed E-state index contributed by atoms with van der Waals surface area (Å²) in [4.78, 5) is 40.8. The largest absolute Gasteiger partial charge is 0.508 e. The standard InChI is InChI=1S/C20H30N2O10P2.CH4.Fe/c23-11-17(21(13-33(27,28)29)9-15-5-1-3-7-19(15)25)18(12-24)22(14-34(30,31)32)10-16-6-2-4-8-20(16)26;;/h1-8,17-18,23-26H,9-14H2,(H2,27,28,29)(H2,30,31,32);1H4;. The third-order valence-electron chi connectivity index (χ3n) is 5.22. The van der Waals surface area contributed by atoms with Crippen LogP contribution in [0.15, 0.2) is 48.5 Å². The quantitative estimate of drug-likeness (QED) is 0.121. The van der Waals surface area contributed by atoms with Crippen LogP contribution in [0, 0.1) is 0 Å². The van der Waals surface area contributed by atoms with Gasteiger partial charge in [0.1, 0.15) is 24.1 Å². The van der Waals surface area contributed by atoms with E-state index >= 15 is 0 Å². The van der Waals surface area contributed by atoms with Gasteiger partial charge in [-0.05, 0) is 12.1 Å². The Kier molecular flexibility index (Phi) is 14.6. The number of aliphatic hydroxyl groups is 2. The fourth-order valence-corrected chi connectivity index (χ4v) is 5.27. The van der Waals surface area contributed by atoms with E-state index in [-0.39, 0.29) is 60.2 Å². The minimum absolute atomic E-state index is 0. The smallest absolute Gasteiger partial charge is 0.339 e. The van der Waals surface area contributed by atoms with Gasteiger partial charge in [0.05, 0.1) is 25.3 Å². The van der Waals surface area contributed by atoms with Gasteiger partial charge in [-0.2, -0.15) is 0 Å². The monoisotopic (exact) mass is 592 g/mol. The van der Waals surface area contributed by atoms with Crippen molar-refractivity contribution in [2.75, 3.05) is 25.8 Å². The van der Waals surface area contributed by atoms with Gasteiger partial charge in [0, 0.05) is 41.3 Å². The first-order valence-corrected chi connectivity index (χ1v) is 13.8. The molecular weight excluding hydrogens is 558 g/mol. The molecule has 0 radical (unpaired) electrons. The molecule has 0 aromatic heterocycles. The van der Waals surface area contributed by atoms with Crippen molar-refractivity contribution in [3.8, 4) is 11.5 Å². The average molecular weight is 592 g/mol. The molecule has 36 heavy (non-hydrogen) atoms. The van der Waals surface area contributed by atoms with E-state index in [0.29, 0.717) is 0 Å². The SMILES string of the molecule is C.O=P(O)(O)CN(Cc1ccccc1O)C(CO)C(CO)N(Cc1ccccc1O)CP(=O)(O)O.[Fe]. The first-order chi connectivity index (χ1) is 15.8. The van der Waals surface area contributed by atoms with Crippen LogP contribution in [0.3, 0.4) is 0 Å². The summed E-state index contributed by atoms with van der Waals surface area (Å²) in [5.41, 5.74) is 0.571. The summed E-state index contributed by atoms with van der Waals surface area (Å²) in [7, 11) is -9.39. The normalized spacial score (nSPS) is 13.7. The number of nitrogens with zero attached hydrogens (tertiary/aromatic N) is 2. The van der Waals surface area contributed by atoms with E-state index in [1.165, 1.54) is 24.3 Å². The molecule has 0 amide bonds. The summed E-state index contributed by atoms with van der Waals surface area (Å²) in [5, 5.41) is 40.6. The number of phenols is 2. The number of aromatic hydroxyl groups is 2. The molecule has 0 heterocycles. The Labute approximate surface area is 220 Å². The molecule has 0 fully saturated rings. The van der Waals surface area contributed by atoms with Crippen molar-refractivity contribution in [1.29, 1.82) is 0 Å². The molecule has 2 aromatic rings. The fourth-order valence-electron chi connectivity index (χ4n) is 3.71. The van der Waals surface area contributed by atoms with E-state index in [9.17, 15) is 49.1 Å². The number of phenolic OH excluding ortho intramolecular Hbond substituents is 2. The predicted octanol–water partition coefficient (Wildman–Crippen LogP) is 1.03. The predicted molar refractivity (Wildman–Crippen MR) is 130 cm³/mol. The van der Waals surface area contributed by atoms with Gasteiger partial charge >= 0.3 is 15.2 Å². The fraction of sp³-hybridized carbons (Fsp3) is 0.429. The van der Waals surface area contributed by atoms with E-state index < -0.39 is 53.1 Å². The molecule has 206 valence electrons. The third kappa shape index (κ3) is 11.0. The molecule has 0 aliphatic heterocycles. The van der Waals surface area contributed by atoms with Crippen molar-refractivity contribution >= 4 is 15.2 Å². The zero-order valence-electron chi connectivity index (χ0n) is 18.6. The van der Waals surface area contributed by atoms with Crippen LogP contribution in [0.5, 0.6) is 11.5 Å². The molecule has 12 nitrogen and oxygen atoms in total. The molecule has 0 saturated heterocycles. The summed E-state index contributed by atoms with van der Waals surface area (Å²) in [5.74, 6) is -0.312. The second kappa shape index (κ2) is 15.2. The van der Waals surface area contributed by atoms with E-state index in [4.69, 9.17) is 0 Å². The topological polar surface area (TPSA) is 202 Å². The van der Waals surface area contributed by atoms with Gasteiger partial charge in [-0.1, -0.05) is 43.8 Å². The van der Waals surface area contributed by atoms with E-state index in [2.05, 4.69) is 0 Å². The van der Waals surface area contributed by atoms with Gasteiger partial charge in [0.15, 0.2) is 0 Å². The second-order valence-corrected chi connectivity index (χ2v) is 11.1. The first-order valence-electron chi connectivity index (χ1n) is 10.2. The van der Waals surface area contributed by atoms with Crippen molar-refractivity contribution in [1.82, 2.24) is 9.80 Å². The average Bonchev–Trinajstić information content (AvgIpc) is 2.72. The van der Waals surface area contributed by atoms with Gasteiger partial charge in [-0.25, -0.2) is 0 Å². The first kappa shape index (κ1) is 34.7. The molecule has 2 unspecified atom stereocenters. The van der Waals surface area contributed by atoms with Crippen LogP contribution < -0.4 is 0 Å². The Bertz CT molecular complexity index is 954. The minimum atomic E-state index is -4.70. The van der Waals surface area contributed by atoms with Gasteiger partial charge < -0.3 is 40.0 Å². The number of benzene rings is 2. The van der Waals surface area contributed by atoms with Gasteiger partial charge in [0.2, 0.25) is 0 Å². The molecule has 2 atom stereocenters. The molecule has 2 aromatic carbocycles. The minimum Gasteiger partial charge on any atom is -0.508 e. The summed E-state index contributed by atoms with van der Waals surface area (Å²) in [6.07, 6.45) is -1.72. The molecule has 0 aliphatic rings. The maximum atomic E-state index is 11.9. The number of hydrogen-bond acceptors (Lipinski definition) is 8. The summed E-state index contributed by atoms with van der Waals surface area (Å²) >= 11 is 0. The van der Waals surface area contributed by atoms with Gasteiger partial charge in [-0.3, -0.25) is 18.9 Å². The Morgan fingerprint density at radius 1 is 0.667 bits per heavy atom. The Hall–Kier alpha value is -1.30. The van der Waals surface area contributed by atoms with Crippen LogP contribution >= 0.6 is 15.2 Å². The molecule has 0 saturated carbocycles. The Balaban J connectivity index is 0.00000612. The third-order valence-corrected chi connectivity index (χ3v) is 6.68. The van der Waals surface area contributed by atoms with Crippen LogP contribution in [0.25, 0.3) is 0 Å². The van der Waals surface area contributed by atoms with Crippen LogP contribution in [0.1, 0.15) is 18.6 Å². The van der Waals surface area contributed by atoms with Crippen molar-refractivity contribution in [2.24, 2.45) is 0 Å². The molecular formula is C21H34FeN2O10P2. The molecule has 2 rings (SSSR count). The van der Waals surface area contributed by atoms with Gasteiger partial charge in [-0.15, -0.1) is 0 Å². The zero-order valence-corrected chi connectivity index (χ0v) is 21.4. The van der Waals surface area contributed by atoms with Crippen molar-refractivity contribution in [3.05, 3.63) is 59.7 Å². The van der Waals surface area contributed by atoms with Gasteiger partial charge in [0.25, 0.3) is 0 Å².